The van der Waals surface area contributed by atoms with E-state index in [4.69, 9.17) is 16.3 Å². The van der Waals surface area contributed by atoms with Crippen molar-refractivity contribution in [2.24, 2.45) is 5.92 Å². The molecule has 0 spiro atoms. The van der Waals surface area contributed by atoms with Gasteiger partial charge in [0.1, 0.15) is 5.69 Å². The van der Waals surface area contributed by atoms with E-state index in [1.807, 2.05) is 0 Å². The van der Waals surface area contributed by atoms with Crippen molar-refractivity contribution in [3.63, 3.8) is 0 Å². The molecular formula is C11H15ClN4O3. The summed E-state index contributed by atoms with van der Waals surface area (Å²) in [7, 11) is 0. The van der Waals surface area contributed by atoms with Crippen LogP contribution in [0.25, 0.3) is 0 Å². The highest BCUT2D eigenvalue weighted by Crippen LogP contribution is 2.27. The van der Waals surface area contributed by atoms with Crippen molar-refractivity contribution in [3.05, 3.63) is 21.1 Å². The number of anilines is 1. The summed E-state index contributed by atoms with van der Waals surface area (Å²) in [5.74, 6) is 0.622. The van der Waals surface area contributed by atoms with Gasteiger partial charge >= 0.3 is 5.69 Å². The van der Waals surface area contributed by atoms with Gasteiger partial charge < -0.3 is 10.1 Å². The Morgan fingerprint density at radius 2 is 2.16 bits per heavy atom. The Bertz CT molecular complexity index is 477. The quantitative estimate of drug-likeness (QED) is 0.518. The van der Waals surface area contributed by atoms with Gasteiger partial charge in [0, 0.05) is 19.8 Å². The second-order valence-electron chi connectivity index (χ2n) is 4.47. The number of nitro groups is 1. The smallest absolute Gasteiger partial charge is 0.332 e. The summed E-state index contributed by atoms with van der Waals surface area (Å²) in [5, 5.41) is 14.1. The Balaban J connectivity index is 2.12. The lowest BCUT2D eigenvalue weighted by molar-refractivity contribution is -0.385. The van der Waals surface area contributed by atoms with Crippen LogP contribution in [0.5, 0.6) is 0 Å². The standard InChI is InChI=1S/C11H15ClN4O3/c1-7-9(16(17)18)10(15-11(12)14-7)13-6-8-2-4-19-5-3-8/h8H,2-6H2,1H3,(H,13,14,15). The highest BCUT2D eigenvalue weighted by molar-refractivity contribution is 6.28. The molecule has 19 heavy (non-hydrogen) atoms. The van der Waals surface area contributed by atoms with Gasteiger partial charge in [-0.3, -0.25) is 10.1 Å². The lowest BCUT2D eigenvalue weighted by atomic mass is 10.0. The van der Waals surface area contributed by atoms with E-state index in [-0.39, 0.29) is 22.5 Å². The molecule has 8 heteroatoms. The van der Waals surface area contributed by atoms with Gasteiger partial charge in [0.25, 0.3) is 0 Å². The topological polar surface area (TPSA) is 90.2 Å². The van der Waals surface area contributed by atoms with Crippen molar-refractivity contribution in [1.82, 2.24) is 9.97 Å². The third-order valence-corrected chi connectivity index (χ3v) is 3.28. The molecule has 0 unspecified atom stereocenters. The van der Waals surface area contributed by atoms with E-state index >= 15 is 0 Å². The second kappa shape index (κ2) is 6.12. The number of hydrogen-bond acceptors (Lipinski definition) is 6. The van der Waals surface area contributed by atoms with E-state index in [1.54, 1.807) is 6.92 Å². The van der Waals surface area contributed by atoms with E-state index in [1.165, 1.54) is 0 Å². The van der Waals surface area contributed by atoms with Crippen LogP contribution in [0.1, 0.15) is 18.5 Å². The average molecular weight is 287 g/mol. The fraction of sp³-hybridized carbons (Fsp3) is 0.636. The van der Waals surface area contributed by atoms with Crippen LogP contribution < -0.4 is 5.32 Å². The number of aromatic nitrogens is 2. The Morgan fingerprint density at radius 3 is 2.79 bits per heavy atom. The van der Waals surface area contributed by atoms with E-state index in [0.29, 0.717) is 12.5 Å². The maximum Gasteiger partial charge on any atom is 0.332 e. The van der Waals surface area contributed by atoms with Gasteiger partial charge in [0.15, 0.2) is 0 Å². The molecule has 0 radical (unpaired) electrons. The van der Waals surface area contributed by atoms with Gasteiger partial charge in [0.05, 0.1) is 4.92 Å². The van der Waals surface area contributed by atoms with E-state index in [0.717, 1.165) is 26.1 Å². The maximum atomic E-state index is 11.0. The fourth-order valence-corrected chi connectivity index (χ4v) is 2.28. The molecule has 0 bridgehead atoms. The van der Waals surface area contributed by atoms with Crippen molar-refractivity contribution >= 4 is 23.1 Å². The second-order valence-corrected chi connectivity index (χ2v) is 4.81. The first-order valence-corrected chi connectivity index (χ1v) is 6.46. The van der Waals surface area contributed by atoms with Gasteiger partial charge in [-0.2, -0.15) is 4.98 Å². The Labute approximate surface area is 115 Å². The number of nitrogens with zero attached hydrogens (tertiary/aromatic N) is 3. The zero-order chi connectivity index (χ0) is 13.8. The predicted octanol–water partition coefficient (Wildman–Crippen LogP) is 2.19. The van der Waals surface area contributed by atoms with Gasteiger partial charge in [0.2, 0.25) is 11.1 Å². The molecule has 1 N–H and O–H groups in total. The molecule has 0 saturated carbocycles. The van der Waals surface area contributed by atoms with Crippen molar-refractivity contribution < 1.29 is 9.66 Å². The summed E-state index contributed by atoms with van der Waals surface area (Å²) >= 11 is 5.74. The molecule has 1 aromatic rings. The maximum absolute atomic E-state index is 11.0. The Hall–Kier alpha value is -1.47. The molecule has 0 aromatic carbocycles. The summed E-state index contributed by atoms with van der Waals surface area (Å²) in [4.78, 5) is 18.3. The Kier molecular flexibility index (Phi) is 4.49. The van der Waals surface area contributed by atoms with Crippen LogP contribution in [0, 0.1) is 23.0 Å². The minimum atomic E-state index is -0.488. The fourth-order valence-electron chi connectivity index (χ4n) is 2.07. The number of rotatable bonds is 4. The van der Waals surface area contributed by atoms with E-state index in [2.05, 4.69) is 15.3 Å². The molecule has 0 amide bonds. The normalized spacial score (nSPS) is 16.3. The van der Waals surface area contributed by atoms with Crippen LogP contribution in [0.4, 0.5) is 11.5 Å². The molecule has 1 saturated heterocycles. The van der Waals surface area contributed by atoms with Gasteiger partial charge in [-0.25, -0.2) is 4.98 Å². The zero-order valence-corrected chi connectivity index (χ0v) is 11.3. The first-order valence-electron chi connectivity index (χ1n) is 6.08. The van der Waals surface area contributed by atoms with Crippen LogP contribution >= 0.6 is 11.6 Å². The van der Waals surface area contributed by atoms with E-state index < -0.39 is 4.92 Å². The van der Waals surface area contributed by atoms with Crippen LogP contribution in [0.3, 0.4) is 0 Å². The number of aryl methyl sites for hydroxylation is 1. The third kappa shape index (κ3) is 3.51. The molecule has 104 valence electrons. The first kappa shape index (κ1) is 14.0. The zero-order valence-electron chi connectivity index (χ0n) is 10.6. The monoisotopic (exact) mass is 286 g/mol. The SMILES string of the molecule is Cc1nc(Cl)nc(NCC2CCOCC2)c1[N+](=O)[O-]. The van der Waals surface area contributed by atoms with Gasteiger partial charge in [-0.1, -0.05) is 0 Å². The minimum Gasteiger partial charge on any atom is -0.381 e. The average Bonchev–Trinajstić information content (AvgIpc) is 2.36. The van der Waals surface area contributed by atoms with Crippen LogP contribution in [-0.2, 0) is 4.74 Å². The first-order chi connectivity index (χ1) is 9.08. The minimum absolute atomic E-state index is 0.0116. The molecule has 1 aliphatic heterocycles. The molecule has 2 rings (SSSR count). The molecule has 1 aliphatic rings. The molecule has 0 atom stereocenters. The summed E-state index contributed by atoms with van der Waals surface area (Å²) < 4.78 is 5.27. The summed E-state index contributed by atoms with van der Waals surface area (Å²) in [6.45, 7) is 3.64. The summed E-state index contributed by atoms with van der Waals surface area (Å²) in [5.41, 5.74) is 0.149. The Morgan fingerprint density at radius 1 is 1.47 bits per heavy atom. The third-order valence-electron chi connectivity index (χ3n) is 3.11. The number of ether oxygens (including phenoxy) is 1. The molecule has 7 nitrogen and oxygen atoms in total. The van der Waals surface area contributed by atoms with Crippen molar-refractivity contribution in [1.29, 1.82) is 0 Å². The summed E-state index contributed by atoms with van der Waals surface area (Å²) in [6, 6.07) is 0. The lowest BCUT2D eigenvalue weighted by Crippen LogP contribution is -2.23. The number of nitrogens with one attached hydrogen (secondary N) is 1. The van der Waals surface area contributed by atoms with Gasteiger partial charge in [-0.15, -0.1) is 0 Å². The molecule has 1 aromatic heterocycles. The predicted molar refractivity (Wildman–Crippen MR) is 70.5 cm³/mol. The summed E-state index contributed by atoms with van der Waals surface area (Å²) in [6.07, 6.45) is 1.89. The van der Waals surface area contributed by atoms with Crippen LogP contribution in [0.2, 0.25) is 5.28 Å². The largest absolute Gasteiger partial charge is 0.381 e. The molecule has 0 aliphatic carbocycles. The lowest BCUT2D eigenvalue weighted by Gasteiger charge is -2.22. The molecule has 2 heterocycles. The highest BCUT2D eigenvalue weighted by Gasteiger charge is 2.22. The van der Waals surface area contributed by atoms with Crippen molar-refractivity contribution in [2.45, 2.75) is 19.8 Å². The molecular weight excluding hydrogens is 272 g/mol. The van der Waals surface area contributed by atoms with Crippen molar-refractivity contribution in [3.8, 4) is 0 Å². The number of halogens is 1. The van der Waals surface area contributed by atoms with E-state index in [9.17, 15) is 10.1 Å². The van der Waals surface area contributed by atoms with Crippen LogP contribution in [0.15, 0.2) is 0 Å². The van der Waals surface area contributed by atoms with Crippen molar-refractivity contribution in [2.75, 3.05) is 25.1 Å². The van der Waals surface area contributed by atoms with Gasteiger partial charge in [-0.05, 0) is 37.3 Å². The van der Waals surface area contributed by atoms with Crippen LogP contribution in [-0.4, -0.2) is 34.6 Å². The molecule has 1 fully saturated rings. The number of hydrogen-bond donors (Lipinski definition) is 1. The highest BCUT2D eigenvalue weighted by atomic mass is 35.5.